The van der Waals surface area contributed by atoms with Crippen LogP contribution in [0.1, 0.15) is 23.7 Å². The van der Waals surface area contributed by atoms with Crippen molar-refractivity contribution in [2.75, 3.05) is 19.0 Å². The Balaban J connectivity index is 1.78. The normalized spacial score (nSPS) is 10.7. The zero-order valence-corrected chi connectivity index (χ0v) is 16.1. The molecule has 1 aromatic heterocycles. The van der Waals surface area contributed by atoms with E-state index in [9.17, 15) is 4.79 Å². The Morgan fingerprint density at radius 1 is 1.11 bits per heavy atom. The molecule has 2 aromatic carbocycles. The van der Waals surface area contributed by atoms with Crippen LogP contribution in [-0.2, 0) is 11.2 Å². The number of pyridine rings is 1. The van der Waals surface area contributed by atoms with Crippen LogP contribution >= 0.6 is 0 Å². The summed E-state index contributed by atoms with van der Waals surface area (Å²) in [4.78, 5) is 16.9. The number of aromatic nitrogens is 1. The number of methoxy groups -OCH3 is 1. The number of anilines is 1. The highest BCUT2D eigenvalue weighted by Crippen LogP contribution is 2.29. The molecule has 140 valence electrons. The number of hydrogen-bond donors (Lipinski definition) is 1. The van der Waals surface area contributed by atoms with Gasteiger partial charge in [-0.25, -0.2) is 0 Å². The van der Waals surface area contributed by atoms with Gasteiger partial charge in [0.1, 0.15) is 11.5 Å². The van der Waals surface area contributed by atoms with Crippen LogP contribution in [0, 0.1) is 13.8 Å². The van der Waals surface area contributed by atoms with Gasteiger partial charge in [-0.05, 0) is 55.7 Å². The Morgan fingerprint density at radius 2 is 1.93 bits per heavy atom. The highest BCUT2D eigenvalue weighted by Gasteiger charge is 2.11. The summed E-state index contributed by atoms with van der Waals surface area (Å²) in [6.45, 7) is 5.89. The highest BCUT2D eigenvalue weighted by atomic mass is 16.5. The number of amides is 1. The molecule has 3 aromatic rings. The van der Waals surface area contributed by atoms with E-state index in [1.807, 2.05) is 56.3 Å². The minimum atomic E-state index is -0.194. The first-order valence-electron chi connectivity index (χ1n) is 8.97. The molecule has 1 N–H and O–H groups in total. The number of rotatable bonds is 6. The number of aryl methyl sites for hydroxylation is 3. The minimum Gasteiger partial charge on any atom is -0.497 e. The molecule has 0 aliphatic heterocycles. The zero-order valence-electron chi connectivity index (χ0n) is 16.1. The first-order valence-corrected chi connectivity index (χ1v) is 8.97. The van der Waals surface area contributed by atoms with Gasteiger partial charge >= 0.3 is 0 Å². The average molecular weight is 364 g/mol. The van der Waals surface area contributed by atoms with E-state index in [1.54, 1.807) is 7.11 Å². The van der Waals surface area contributed by atoms with Gasteiger partial charge in [0.25, 0.3) is 5.91 Å². The van der Waals surface area contributed by atoms with Gasteiger partial charge in [-0.15, -0.1) is 0 Å². The van der Waals surface area contributed by atoms with Crippen molar-refractivity contribution in [2.24, 2.45) is 0 Å². The van der Waals surface area contributed by atoms with Gasteiger partial charge < -0.3 is 14.8 Å². The van der Waals surface area contributed by atoms with Crippen LogP contribution in [0.4, 0.5) is 5.69 Å². The molecule has 0 bridgehead atoms. The second-order valence-electron chi connectivity index (χ2n) is 6.50. The van der Waals surface area contributed by atoms with E-state index in [1.165, 1.54) is 0 Å². The second-order valence-corrected chi connectivity index (χ2v) is 6.50. The lowest BCUT2D eigenvalue weighted by molar-refractivity contribution is -0.118. The van der Waals surface area contributed by atoms with Crippen LogP contribution in [0.15, 0.2) is 42.5 Å². The summed E-state index contributed by atoms with van der Waals surface area (Å²) in [5.74, 6) is 1.14. The third kappa shape index (κ3) is 4.37. The third-order valence-electron chi connectivity index (χ3n) is 4.39. The van der Waals surface area contributed by atoms with Crippen LogP contribution in [0.25, 0.3) is 10.9 Å². The fraction of sp³-hybridized carbons (Fsp3) is 0.273. The maximum absolute atomic E-state index is 12.4. The van der Waals surface area contributed by atoms with E-state index in [2.05, 4.69) is 17.2 Å². The van der Waals surface area contributed by atoms with Gasteiger partial charge in [0.05, 0.1) is 12.6 Å². The van der Waals surface area contributed by atoms with Crippen LogP contribution in [-0.4, -0.2) is 24.6 Å². The summed E-state index contributed by atoms with van der Waals surface area (Å²) in [5, 5.41) is 3.77. The minimum absolute atomic E-state index is 0.0765. The van der Waals surface area contributed by atoms with Crippen LogP contribution in [0.2, 0.25) is 0 Å². The SMILES string of the molecule is CCc1ccc(C)cc1NC(=O)COc1cc(C)nc2ccc(OC)cc12. The fourth-order valence-corrected chi connectivity index (χ4v) is 2.99. The summed E-state index contributed by atoms with van der Waals surface area (Å²) in [7, 11) is 1.62. The third-order valence-corrected chi connectivity index (χ3v) is 4.39. The molecule has 5 heteroatoms. The lowest BCUT2D eigenvalue weighted by atomic mass is 10.1. The molecule has 0 unspecified atom stereocenters. The number of benzene rings is 2. The van der Waals surface area contributed by atoms with E-state index in [-0.39, 0.29) is 12.5 Å². The maximum Gasteiger partial charge on any atom is 0.262 e. The zero-order chi connectivity index (χ0) is 19.4. The predicted molar refractivity (Wildman–Crippen MR) is 108 cm³/mol. The lowest BCUT2D eigenvalue weighted by Gasteiger charge is -2.13. The van der Waals surface area contributed by atoms with Gasteiger partial charge in [0.2, 0.25) is 0 Å². The molecule has 0 spiro atoms. The van der Waals surface area contributed by atoms with Crippen molar-refractivity contribution in [3.63, 3.8) is 0 Å². The number of fused-ring (bicyclic) bond motifs is 1. The van der Waals surface area contributed by atoms with E-state index < -0.39 is 0 Å². The molecule has 5 nitrogen and oxygen atoms in total. The largest absolute Gasteiger partial charge is 0.497 e. The van der Waals surface area contributed by atoms with Crippen molar-refractivity contribution in [3.05, 3.63) is 59.3 Å². The smallest absolute Gasteiger partial charge is 0.262 e. The molecule has 0 aliphatic carbocycles. The number of carbonyl (C=O) groups excluding carboxylic acids is 1. The average Bonchev–Trinajstić information content (AvgIpc) is 2.66. The first kappa shape index (κ1) is 18.7. The summed E-state index contributed by atoms with van der Waals surface area (Å²) < 4.78 is 11.1. The number of carbonyl (C=O) groups is 1. The van der Waals surface area contributed by atoms with Gasteiger partial charge in [-0.3, -0.25) is 9.78 Å². The molecule has 0 saturated carbocycles. The second kappa shape index (κ2) is 8.08. The maximum atomic E-state index is 12.4. The fourth-order valence-electron chi connectivity index (χ4n) is 2.99. The number of nitrogens with one attached hydrogen (secondary N) is 1. The van der Waals surface area contributed by atoms with Crippen LogP contribution in [0.5, 0.6) is 11.5 Å². The van der Waals surface area contributed by atoms with Gasteiger partial charge in [-0.2, -0.15) is 0 Å². The Labute approximate surface area is 159 Å². The quantitative estimate of drug-likeness (QED) is 0.702. The molecule has 0 aliphatic rings. The molecular weight excluding hydrogens is 340 g/mol. The Kier molecular flexibility index (Phi) is 5.60. The van der Waals surface area contributed by atoms with Crippen molar-refractivity contribution < 1.29 is 14.3 Å². The van der Waals surface area contributed by atoms with Crippen LogP contribution in [0.3, 0.4) is 0 Å². The molecule has 0 radical (unpaired) electrons. The van der Waals surface area contributed by atoms with E-state index >= 15 is 0 Å². The molecule has 1 amide bonds. The molecule has 0 atom stereocenters. The Bertz CT molecular complexity index is 983. The summed E-state index contributed by atoms with van der Waals surface area (Å²) >= 11 is 0. The predicted octanol–water partition coefficient (Wildman–Crippen LogP) is 4.44. The molecular formula is C22H24N2O3. The lowest BCUT2D eigenvalue weighted by Crippen LogP contribution is -2.21. The van der Waals surface area contributed by atoms with Gasteiger partial charge in [0, 0.05) is 22.8 Å². The molecule has 0 saturated heterocycles. The van der Waals surface area contributed by atoms with Crippen molar-refractivity contribution in [3.8, 4) is 11.5 Å². The summed E-state index contributed by atoms with van der Waals surface area (Å²) in [6.07, 6.45) is 0.852. The first-order chi connectivity index (χ1) is 13.0. The highest BCUT2D eigenvalue weighted by molar-refractivity contribution is 5.93. The van der Waals surface area contributed by atoms with Crippen molar-refractivity contribution in [2.45, 2.75) is 27.2 Å². The van der Waals surface area contributed by atoms with Crippen molar-refractivity contribution in [1.29, 1.82) is 0 Å². The molecule has 3 rings (SSSR count). The summed E-state index contributed by atoms with van der Waals surface area (Å²) in [5.41, 5.74) is 4.67. The Morgan fingerprint density at radius 3 is 2.67 bits per heavy atom. The standard InChI is InChI=1S/C22H24N2O3/c1-5-16-7-6-14(2)10-20(16)24-22(25)13-27-21-11-15(3)23-19-9-8-17(26-4)12-18(19)21/h6-12H,5,13H2,1-4H3,(H,24,25). The molecule has 1 heterocycles. The van der Waals surface area contributed by atoms with Gasteiger partial charge in [-0.1, -0.05) is 19.1 Å². The molecule has 27 heavy (non-hydrogen) atoms. The number of nitrogens with zero attached hydrogens (tertiary/aromatic N) is 1. The van der Waals surface area contributed by atoms with Crippen molar-refractivity contribution in [1.82, 2.24) is 4.98 Å². The number of hydrogen-bond acceptors (Lipinski definition) is 4. The van der Waals surface area contributed by atoms with E-state index in [0.29, 0.717) is 5.75 Å². The monoisotopic (exact) mass is 364 g/mol. The van der Waals surface area contributed by atoms with E-state index in [4.69, 9.17) is 9.47 Å². The van der Waals surface area contributed by atoms with Gasteiger partial charge in [0.15, 0.2) is 6.61 Å². The van der Waals surface area contributed by atoms with Crippen molar-refractivity contribution >= 4 is 22.5 Å². The summed E-state index contributed by atoms with van der Waals surface area (Å²) in [6, 6.07) is 13.5. The number of ether oxygens (including phenoxy) is 2. The van der Waals surface area contributed by atoms with Crippen LogP contribution < -0.4 is 14.8 Å². The van der Waals surface area contributed by atoms with E-state index in [0.717, 1.165) is 45.6 Å². The topological polar surface area (TPSA) is 60.5 Å². The Hall–Kier alpha value is -3.08. The molecule has 0 fully saturated rings.